The van der Waals surface area contributed by atoms with Gasteiger partial charge in [-0.1, -0.05) is 91.1 Å². The summed E-state index contributed by atoms with van der Waals surface area (Å²) in [5, 5.41) is 0.383. The van der Waals surface area contributed by atoms with Crippen LogP contribution in [0.25, 0.3) is 12.2 Å². The minimum absolute atomic E-state index is 0.192. The molecule has 0 fully saturated rings. The van der Waals surface area contributed by atoms with E-state index in [1.54, 1.807) is 0 Å². The first-order valence-electron chi connectivity index (χ1n) is 13.9. The molecule has 0 aromatic heterocycles. The van der Waals surface area contributed by atoms with E-state index in [1.165, 1.54) is 22.3 Å². The molecule has 0 saturated carbocycles. The molecule has 0 N–H and O–H groups in total. The highest BCUT2D eigenvalue weighted by Gasteiger charge is 2.44. The van der Waals surface area contributed by atoms with Gasteiger partial charge < -0.3 is 8.85 Å². The van der Waals surface area contributed by atoms with Gasteiger partial charge in [-0.2, -0.15) is 0 Å². The Morgan fingerprint density at radius 2 is 0.919 bits per heavy atom. The SMILES string of the molecule is CC(C)(C)[Si](C)(C)Oc1ccc2c(c1)C=CC2[Si](C)(C)C1C=Cc2cc(O[Si](C)(C)C(C)(C)C)ccc21. The average molecular weight is 549 g/mol. The maximum absolute atomic E-state index is 6.62. The summed E-state index contributed by atoms with van der Waals surface area (Å²) >= 11 is 0. The zero-order valence-corrected chi connectivity index (χ0v) is 28.2. The van der Waals surface area contributed by atoms with Gasteiger partial charge in [0.2, 0.25) is 16.6 Å². The van der Waals surface area contributed by atoms with Gasteiger partial charge in [-0.15, -0.1) is 0 Å². The molecule has 2 aliphatic rings. The van der Waals surface area contributed by atoms with E-state index in [2.05, 4.69) is 142 Å². The van der Waals surface area contributed by atoms with Crippen LogP contribution in [-0.4, -0.2) is 24.7 Å². The Kier molecular flexibility index (Phi) is 6.96. The molecule has 2 atom stereocenters. The zero-order chi connectivity index (χ0) is 27.6. The lowest BCUT2D eigenvalue weighted by Crippen LogP contribution is -2.44. The first kappa shape index (κ1) is 28.2. The van der Waals surface area contributed by atoms with Gasteiger partial charge in [0.1, 0.15) is 11.5 Å². The van der Waals surface area contributed by atoms with Crippen LogP contribution in [-0.2, 0) is 0 Å². The van der Waals surface area contributed by atoms with Crippen LogP contribution in [0.2, 0.25) is 49.4 Å². The second-order valence-electron chi connectivity index (χ2n) is 14.8. The van der Waals surface area contributed by atoms with Crippen LogP contribution < -0.4 is 8.85 Å². The van der Waals surface area contributed by atoms with Crippen LogP contribution >= 0.6 is 0 Å². The molecule has 0 saturated heterocycles. The molecule has 2 aliphatic carbocycles. The van der Waals surface area contributed by atoms with E-state index in [9.17, 15) is 0 Å². The first-order valence-corrected chi connectivity index (χ1v) is 22.8. The van der Waals surface area contributed by atoms with Crippen LogP contribution in [0.1, 0.15) is 74.9 Å². The third kappa shape index (κ3) is 5.24. The van der Waals surface area contributed by atoms with Crippen molar-refractivity contribution in [3.63, 3.8) is 0 Å². The van der Waals surface area contributed by atoms with Crippen molar-refractivity contribution in [2.75, 3.05) is 0 Å². The number of rotatable bonds is 6. The highest BCUT2D eigenvalue weighted by Crippen LogP contribution is 2.49. The van der Waals surface area contributed by atoms with E-state index in [4.69, 9.17) is 8.85 Å². The molecule has 4 rings (SSSR count). The van der Waals surface area contributed by atoms with Crippen molar-refractivity contribution in [1.29, 1.82) is 0 Å². The molecular formula is C32H48O2Si3. The third-order valence-electron chi connectivity index (χ3n) is 9.68. The Morgan fingerprint density at radius 3 is 1.24 bits per heavy atom. The molecule has 0 aliphatic heterocycles. The molecule has 2 aromatic carbocycles. The van der Waals surface area contributed by atoms with Crippen LogP contribution in [0.3, 0.4) is 0 Å². The van der Waals surface area contributed by atoms with Gasteiger partial charge in [0, 0.05) is 0 Å². The normalized spacial score (nSPS) is 19.7. The van der Waals surface area contributed by atoms with E-state index in [-0.39, 0.29) is 10.1 Å². The smallest absolute Gasteiger partial charge is 0.250 e. The zero-order valence-electron chi connectivity index (χ0n) is 25.2. The highest BCUT2D eigenvalue weighted by molar-refractivity contribution is 6.81. The molecule has 2 nitrogen and oxygen atoms in total. The predicted octanol–water partition coefficient (Wildman–Crippen LogP) is 10.2. The number of fused-ring (bicyclic) bond motifs is 2. The first-order chi connectivity index (χ1) is 16.8. The Bertz CT molecular complexity index is 1140. The molecule has 0 bridgehead atoms. The fraction of sp³-hybridized carbons (Fsp3) is 0.500. The summed E-state index contributed by atoms with van der Waals surface area (Å²) < 4.78 is 13.2. The minimum atomic E-state index is -1.86. The van der Waals surface area contributed by atoms with Gasteiger partial charge in [0.15, 0.2) is 0 Å². The maximum atomic E-state index is 6.62. The van der Waals surface area contributed by atoms with Gasteiger partial charge in [-0.25, -0.2) is 0 Å². The number of allylic oxidation sites excluding steroid dienone is 2. The number of hydrogen-bond donors (Lipinski definition) is 0. The van der Waals surface area contributed by atoms with Crippen molar-refractivity contribution < 1.29 is 8.85 Å². The Balaban J connectivity index is 1.56. The third-order valence-corrected chi connectivity index (χ3v) is 22.6. The van der Waals surface area contributed by atoms with Crippen molar-refractivity contribution in [2.45, 2.75) is 102 Å². The van der Waals surface area contributed by atoms with Gasteiger partial charge in [-0.05, 0) is 93.9 Å². The second-order valence-corrected chi connectivity index (χ2v) is 29.1. The molecule has 37 heavy (non-hydrogen) atoms. The number of hydrogen-bond acceptors (Lipinski definition) is 2. The standard InChI is InChI=1S/C32H48O2Si3/c1-31(2,3)36(9,10)33-25-15-17-27-23(21-25)13-19-29(27)35(7,8)30-20-14-24-22-26(16-18-28(24)30)34-37(11,12)32(4,5)6/h13-22,29-30H,1-12H3. The van der Waals surface area contributed by atoms with Crippen LogP contribution in [0.5, 0.6) is 11.5 Å². The lowest BCUT2D eigenvalue weighted by atomic mass is 10.1. The molecule has 200 valence electrons. The lowest BCUT2D eigenvalue weighted by Gasteiger charge is -2.37. The fourth-order valence-electron chi connectivity index (χ4n) is 5.08. The molecule has 0 radical (unpaired) electrons. The van der Waals surface area contributed by atoms with Crippen molar-refractivity contribution in [2.24, 2.45) is 0 Å². The molecule has 0 spiro atoms. The Morgan fingerprint density at radius 1 is 0.568 bits per heavy atom. The van der Waals surface area contributed by atoms with Gasteiger partial charge in [0.05, 0.1) is 8.07 Å². The molecular weight excluding hydrogens is 501 g/mol. The summed E-state index contributed by atoms with van der Waals surface area (Å²) in [4.78, 5) is 0. The van der Waals surface area contributed by atoms with E-state index in [1.807, 2.05) is 0 Å². The fourth-order valence-corrected chi connectivity index (χ4v) is 10.8. The largest absolute Gasteiger partial charge is 0.543 e. The number of benzene rings is 2. The average Bonchev–Trinajstić information content (AvgIpc) is 3.35. The van der Waals surface area contributed by atoms with Crippen LogP contribution in [0, 0.1) is 0 Å². The lowest BCUT2D eigenvalue weighted by molar-refractivity contribution is 0.492. The molecule has 2 unspecified atom stereocenters. The van der Waals surface area contributed by atoms with Crippen LogP contribution in [0.15, 0.2) is 48.6 Å². The van der Waals surface area contributed by atoms with E-state index < -0.39 is 24.7 Å². The summed E-state index contributed by atoms with van der Waals surface area (Å²) in [7, 11) is -5.48. The van der Waals surface area contributed by atoms with Gasteiger partial charge in [0.25, 0.3) is 0 Å². The topological polar surface area (TPSA) is 18.5 Å². The summed E-state index contributed by atoms with van der Waals surface area (Å²) in [6.45, 7) is 28.2. The Labute approximate surface area is 229 Å². The van der Waals surface area contributed by atoms with Crippen molar-refractivity contribution >= 4 is 36.9 Å². The maximum Gasteiger partial charge on any atom is 0.250 e. The van der Waals surface area contributed by atoms with Crippen molar-refractivity contribution in [1.82, 2.24) is 0 Å². The highest BCUT2D eigenvalue weighted by atomic mass is 28.4. The summed E-state index contributed by atoms with van der Waals surface area (Å²) in [5.74, 6) is 2.05. The van der Waals surface area contributed by atoms with Gasteiger partial charge >= 0.3 is 0 Å². The second kappa shape index (κ2) is 9.13. The van der Waals surface area contributed by atoms with E-state index in [0.717, 1.165) is 11.5 Å². The summed E-state index contributed by atoms with van der Waals surface area (Å²) in [6, 6.07) is 13.7. The summed E-state index contributed by atoms with van der Waals surface area (Å²) in [5.41, 5.74) is 6.60. The molecule has 0 heterocycles. The minimum Gasteiger partial charge on any atom is -0.543 e. The van der Waals surface area contributed by atoms with E-state index >= 15 is 0 Å². The monoisotopic (exact) mass is 548 g/mol. The van der Waals surface area contributed by atoms with Crippen molar-refractivity contribution in [3.05, 3.63) is 70.8 Å². The van der Waals surface area contributed by atoms with Crippen molar-refractivity contribution in [3.8, 4) is 11.5 Å². The predicted molar refractivity (Wildman–Crippen MR) is 170 cm³/mol. The quantitative estimate of drug-likeness (QED) is 0.334. The van der Waals surface area contributed by atoms with Gasteiger partial charge in [-0.3, -0.25) is 0 Å². The van der Waals surface area contributed by atoms with Crippen LogP contribution in [0.4, 0.5) is 0 Å². The molecule has 2 aromatic rings. The molecule has 5 heteroatoms. The summed E-state index contributed by atoms with van der Waals surface area (Å²) in [6.07, 6.45) is 9.60. The molecule has 0 amide bonds. The van der Waals surface area contributed by atoms with E-state index in [0.29, 0.717) is 11.1 Å². The Hall–Kier alpha value is -1.83.